The van der Waals surface area contributed by atoms with E-state index in [1.807, 2.05) is 19.1 Å². The third-order valence-electron chi connectivity index (χ3n) is 5.23. The van der Waals surface area contributed by atoms with Gasteiger partial charge in [0.25, 0.3) is 5.91 Å². The summed E-state index contributed by atoms with van der Waals surface area (Å²) in [5, 5.41) is 5.63. The quantitative estimate of drug-likeness (QED) is 0.784. The van der Waals surface area contributed by atoms with Crippen LogP contribution in [0.15, 0.2) is 48.5 Å². The summed E-state index contributed by atoms with van der Waals surface area (Å²) in [5.41, 5.74) is 2.25. The number of carbonyl (C=O) groups is 2. The van der Waals surface area contributed by atoms with Crippen LogP contribution in [0.25, 0.3) is 0 Å². The lowest BCUT2D eigenvalue weighted by Crippen LogP contribution is -2.44. The highest BCUT2D eigenvalue weighted by atomic mass is 16.6. The molecule has 4 unspecified atom stereocenters. The van der Waals surface area contributed by atoms with E-state index < -0.39 is 18.3 Å². The Morgan fingerprint density at radius 1 is 0.967 bits per heavy atom. The molecule has 2 aliphatic rings. The van der Waals surface area contributed by atoms with Gasteiger partial charge in [-0.1, -0.05) is 17.7 Å². The number of anilines is 1. The Kier molecular flexibility index (Phi) is 5.87. The highest BCUT2D eigenvalue weighted by Crippen LogP contribution is 2.29. The van der Waals surface area contributed by atoms with Crippen LogP contribution >= 0.6 is 0 Å². The second kappa shape index (κ2) is 8.73. The van der Waals surface area contributed by atoms with E-state index in [0.29, 0.717) is 23.6 Å². The number of carbonyl (C=O) groups excluding carboxylic acids is 2. The number of nitrogens with one attached hydrogen (secondary N) is 2. The number of rotatable bonds is 5. The van der Waals surface area contributed by atoms with Crippen LogP contribution in [-0.2, 0) is 14.2 Å². The van der Waals surface area contributed by atoms with E-state index in [2.05, 4.69) is 10.6 Å². The topological polar surface area (TPSA) is 95.1 Å². The number of hydrogen-bond acceptors (Lipinski definition) is 6. The molecule has 8 nitrogen and oxygen atoms in total. The van der Waals surface area contributed by atoms with Crippen LogP contribution in [0.3, 0.4) is 0 Å². The summed E-state index contributed by atoms with van der Waals surface area (Å²) in [4.78, 5) is 24.7. The van der Waals surface area contributed by atoms with Crippen molar-refractivity contribution in [1.82, 2.24) is 5.32 Å². The molecule has 2 aromatic carbocycles. The molecule has 8 heteroatoms. The van der Waals surface area contributed by atoms with Gasteiger partial charge in [0.2, 0.25) is 0 Å². The Hall–Kier alpha value is -3.10. The Morgan fingerprint density at radius 2 is 1.67 bits per heavy atom. The van der Waals surface area contributed by atoms with Gasteiger partial charge in [-0.3, -0.25) is 10.1 Å². The summed E-state index contributed by atoms with van der Waals surface area (Å²) >= 11 is 0. The van der Waals surface area contributed by atoms with E-state index in [0.717, 1.165) is 5.56 Å². The van der Waals surface area contributed by atoms with Crippen molar-refractivity contribution in [2.45, 2.75) is 31.3 Å². The van der Waals surface area contributed by atoms with Crippen LogP contribution in [0.5, 0.6) is 5.75 Å². The minimum Gasteiger partial charge on any atom is -0.497 e. The maximum absolute atomic E-state index is 12.5. The zero-order valence-electron chi connectivity index (χ0n) is 16.8. The molecule has 0 radical (unpaired) electrons. The molecule has 0 aliphatic carbocycles. The molecule has 2 aliphatic heterocycles. The first-order valence-corrected chi connectivity index (χ1v) is 9.76. The van der Waals surface area contributed by atoms with Crippen molar-refractivity contribution in [2.24, 2.45) is 0 Å². The lowest BCUT2D eigenvalue weighted by molar-refractivity contribution is 0.00862. The monoisotopic (exact) mass is 412 g/mol. The van der Waals surface area contributed by atoms with Crippen LogP contribution < -0.4 is 15.4 Å². The van der Waals surface area contributed by atoms with Gasteiger partial charge >= 0.3 is 6.09 Å². The Labute approximate surface area is 174 Å². The Bertz CT molecular complexity index is 899. The smallest absolute Gasteiger partial charge is 0.412 e. The first-order valence-electron chi connectivity index (χ1n) is 9.76. The van der Waals surface area contributed by atoms with Crippen LogP contribution in [0.4, 0.5) is 10.5 Å². The molecule has 2 amide bonds. The van der Waals surface area contributed by atoms with Crippen molar-refractivity contribution in [3.8, 4) is 5.75 Å². The second-order valence-corrected chi connectivity index (χ2v) is 7.34. The molecule has 2 N–H and O–H groups in total. The van der Waals surface area contributed by atoms with Gasteiger partial charge in [0.05, 0.1) is 26.4 Å². The minimum atomic E-state index is -0.592. The van der Waals surface area contributed by atoms with Gasteiger partial charge in [-0.25, -0.2) is 4.79 Å². The van der Waals surface area contributed by atoms with E-state index in [1.54, 1.807) is 43.5 Å². The number of fused-ring (bicyclic) bond motifs is 1. The lowest BCUT2D eigenvalue weighted by atomic mass is 10.1. The van der Waals surface area contributed by atoms with Gasteiger partial charge in [-0.15, -0.1) is 0 Å². The predicted octanol–water partition coefficient (Wildman–Crippen LogP) is 2.52. The van der Waals surface area contributed by atoms with E-state index >= 15 is 0 Å². The molecule has 0 bridgehead atoms. The average Bonchev–Trinajstić information content (AvgIpc) is 3.32. The molecular weight excluding hydrogens is 388 g/mol. The average molecular weight is 412 g/mol. The summed E-state index contributed by atoms with van der Waals surface area (Å²) in [6.07, 6.45) is -1.92. The molecule has 0 spiro atoms. The number of hydrogen-bond donors (Lipinski definition) is 2. The SMILES string of the molecule is COc1ccc(NC(=O)OC2COC3C(NC(=O)c4ccc(C)cc4)COC23)cc1. The van der Waals surface area contributed by atoms with Crippen LogP contribution in [0.2, 0.25) is 0 Å². The predicted molar refractivity (Wildman–Crippen MR) is 109 cm³/mol. The fraction of sp³-hybridized carbons (Fsp3) is 0.364. The van der Waals surface area contributed by atoms with Crippen molar-refractivity contribution in [3.05, 3.63) is 59.7 Å². The Balaban J connectivity index is 1.30. The van der Waals surface area contributed by atoms with Gasteiger partial charge in [0, 0.05) is 11.3 Å². The molecule has 0 aromatic heterocycles. The van der Waals surface area contributed by atoms with Gasteiger partial charge in [0.15, 0.2) is 6.10 Å². The third-order valence-corrected chi connectivity index (χ3v) is 5.23. The molecule has 2 heterocycles. The maximum Gasteiger partial charge on any atom is 0.412 e. The van der Waals surface area contributed by atoms with E-state index in [9.17, 15) is 9.59 Å². The van der Waals surface area contributed by atoms with Crippen LogP contribution in [0, 0.1) is 6.92 Å². The van der Waals surface area contributed by atoms with Crippen molar-refractivity contribution >= 4 is 17.7 Å². The fourth-order valence-electron chi connectivity index (χ4n) is 3.60. The van der Waals surface area contributed by atoms with E-state index in [4.69, 9.17) is 18.9 Å². The first kappa shape index (κ1) is 20.2. The molecule has 2 saturated heterocycles. The Morgan fingerprint density at radius 3 is 2.37 bits per heavy atom. The number of benzene rings is 2. The molecule has 4 atom stereocenters. The van der Waals surface area contributed by atoms with E-state index in [-0.39, 0.29) is 24.7 Å². The van der Waals surface area contributed by atoms with Crippen molar-refractivity contribution in [2.75, 3.05) is 25.6 Å². The highest BCUT2D eigenvalue weighted by molar-refractivity contribution is 5.94. The van der Waals surface area contributed by atoms with Crippen LogP contribution in [-0.4, -0.2) is 56.7 Å². The zero-order valence-corrected chi connectivity index (χ0v) is 16.8. The summed E-state index contributed by atoms with van der Waals surface area (Å²) in [6.45, 7) is 2.48. The van der Waals surface area contributed by atoms with Gasteiger partial charge in [-0.05, 0) is 43.3 Å². The van der Waals surface area contributed by atoms with Gasteiger partial charge in [-0.2, -0.15) is 0 Å². The molecular formula is C22H24N2O6. The van der Waals surface area contributed by atoms with E-state index in [1.165, 1.54) is 0 Å². The summed E-state index contributed by atoms with van der Waals surface area (Å²) in [5.74, 6) is 0.508. The highest BCUT2D eigenvalue weighted by Gasteiger charge is 2.50. The number of methoxy groups -OCH3 is 1. The fourth-order valence-corrected chi connectivity index (χ4v) is 3.60. The molecule has 2 fully saturated rings. The molecule has 2 aromatic rings. The summed E-state index contributed by atoms with van der Waals surface area (Å²) in [6, 6.07) is 14.0. The van der Waals surface area contributed by atoms with Gasteiger partial charge < -0.3 is 24.3 Å². The standard InChI is InChI=1S/C22H24N2O6/c1-13-3-5-14(6-4-13)21(25)24-17-11-28-20-18(12-29-19(17)20)30-22(26)23-15-7-9-16(27-2)10-8-15/h3-10,17-20H,11-12H2,1-2H3,(H,23,26)(H,24,25). The van der Waals surface area contributed by atoms with Crippen molar-refractivity contribution in [3.63, 3.8) is 0 Å². The normalized spacial score (nSPS) is 24.7. The molecule has 4 rings (SSSR count). The maximum atomic E-state index is 12.5. The molecule has 30 heavy (non-hydrogen) atoms. The number of ether oxygens (including phenoxy) is 4. The minimum absolute atomic E-state index is 0.186. The number of aryl methyl sites for hydroxylation is 1. The first-order chi connectivity index (χ1) is 14.5. The van der Waals surface area contributed by atoms with Crippen molar-refractivity contribution in [1.29, 1.82) is 0 Å². The largest absolute Gasteiger partial charge is 0.497 e. The zero-order chi connectivity index (χ0) is 21.1. The van der Waals surface area contributed by atoms with Gasteiger partial charge in [0.1, 0.15) is 18.0 Å². The molecule has 0 saturated carbocycles. The second-order valence-electron chi connectivity index (χ2n) is 7.34. The molecule has 158 valence electrons. The van der Waals surface area contributed by atoms with Crippen LogP contribution in [0.1, 0.15) is 15.9 Å². The van der Waals surface area contributed by atoms with Crippen molar-refractivity contribution < 1.29 is 28.5 Å². The third kappa shape index (κ3) is 4.39. The lowest BCUT2D eigenvalue weighted by Gasteiger charge is -2.18. The summed E-state index contributed by atoms with van der Waals surface area (Å²) in [7, 11) is 1.57. The summed E-state index contributed by atoms with van der Waals surface area (Å²) < 4.78 is 22.1. The number of amides is 2.